The average molecular weight is 459 g/mol. The standard InChI is InChI=1S/C23H23ClN2O4S/c1-15-10-16(2)12-19(11-15)30-14-23(27)25-18-9-8-17(3)22(13-18)31(28,29)26-21-7-5-4-6-20(21)24/h4-13,26H,14H2,1-3H3,(H,25,27). The molecular formula is C23H23ClN2O4S. The smallest absolute Gasteiger partial charge is 0.262 e. The van der Waals surface area contributed by atoms with Crippen molar-refractivity contribution in [3.63, 3.8) is 0 Å². The molecule has 0 saturated heterocycles. The number of para-hydroxylation sites is 1. The lowest BCUT2D eigenvalue weighted by Gasteiger charge is -2.14. The van der Waals surface area contributed by atoms with Crippen molar-refractivity contribution < 1.29 is 17.9 Å². The van der Waals surface area contributed by atoms with Gasteiger partial charge in [0.05, 0.1) is 15.6 Å². The molecule has 0 atom stereocenters. The third-order valence-corrected chi connectivity index (χ3v) is 6.28. The van der Waals surface area contributed by atoms with Gasteiger partial charge in [0.25, 0.3) is 15.9 Å². The normalized spacial score (nSPS) is 11.1. The van der Waals surface area contributed by atoms with Gasteiger partial charge in [0.2, 0.25) is 0 Å². The van der Waals surface area contributed by atoms with Gasteiger partial charge in [-0.15, -0.1) is 0 Å². The molecule has 0 unspecified atom stereocenters. The number of hydrogen-bond acceptors (Lipinski definition) is 4. The third-order valence-electron chi connectivity index (χ3n) is 4.44. The van der Waals surface area contributed by atoms with Gasteiger partial charge in [-0.1, -0.05) is 35.9 Å². The summed E-state index contributed by atoms with van der Waals surface area (Å²) in [6.07, 6.45) is 0. The summed E-state index contributed by atoms with van der Waals surface area (Å²) in [6.45, 7) is 5.38. The molecular weight excluding hydrogens is 436 g/mol. The summed E-state index contributed by atoms with van der Waals surface area (Å²) >= 11 is 6.06. The van der Waals surface area contributed by atoms with E-state index in [1.54, 1.807) is 43.3 Å². The lowest BCUT2D eigenvalue weighted by molar-refractivity contribution is -0.118. The number of benzene rings is 3. The Kier molecular flexibility index (Phi) is 6.87. The number of carbonyl (C=O) groups excluding carboxylic acids is 1. The van der Waals surface area contributed by atoms with Crippen LogP contribution in [-0.4, -0.2) is 20.9 Å². The molecule has 3 aromatic rings. The van der Waals surface area contributed by atoms with Crippen molar-refractivity contribution in [3.05, 3.63) is 82.4 Å². The van der Waals surface area contributed by atoms with Crippen LogP contribution in [0.4, 0.5) is 11.4 Å². The van der Waals surface area contributed by atoms with Crippen molar-refractivity contribution in [3.8, 4) is 5.75 Å². The Morgan fingerprint density at radius 1 is 0.968 bits per heavy atom. The van der Waals surface area contributed by atoms with E-state index in [-0.39, 0.29) is 22.2 Å². The van der Waals surface area contributed by atoms with E-state index in [4.69, 9.17) is 16.3 Å². The molecule has 6 nitrogen and oxygen atoms in total. The second-order valence-electron chi connectivity index (χ2n) is 7.23. The topological polar surface area (TPSA) is 84.5 Å². The summed E-state index contributed by atoms with van der Waals surface area (Å²) in [5, 5.41) is 2.96. The van der Waals surface area contributed by atoms with Gasteiger partial charge < -0.3 is 10.1 Å². The van der Waals surface area contributed by atoms with Crippen molar-refractivity contribution >= 4 is 38.9 Å². The molecule has 162 valence electrons. The Hall–Kier alpha value is -3.03. The van der Waals surface area contributed by atoms with Crippen LogP contribution in [0, 0.1) is 20.8 Å². The largest absolute Gasteiger partial charge is 0.484 e. The van der Waals surface area contributed by atoms with Gasteiger partial charge in [0, 0.05) is 5.69 Å². The monoisotopic (exact) mass is 458 g/mol. The van der Waals surface area contributed by atoms with Crippen molar-refractivity contribution in [1.82, 2.24) is 0 Å². The zero-order valence-corrected chi connectivity index (χ0v) is 19.0. The minimum Gasteiger partial charge on any atom is -0.484 e. The summed E-state index contributed by atoms with van der Waals surface area (Å²) in [6, 6.07) is 16.9. The van der Waals surface area contributed by atoms with Crippen molar-refractivity contribution in [1.29, 1.82) is 0 Å². The van der Waals surface area contributed by atoms with Crippen molar-refractivity contribution in [2.45, 2.75) is 25.7 Å². The van der Waals surface area contributed by atoms with Crippen LogP contribution in [0.1, 0.15) is 16.7 Å². The summed E-state index contributed by atoms with van der Waals surface area (Å²) in [5.74, 6) is 0.203. The minimum atomic E-state index is -3.91. The number of hydrogen-bond donors (Lipinski definition) is 2. The number of nitrogens with one attached hydrogen (secondary N) is 2. The van der Waals surface area contributed by atoms with Crippen LogP contribution in [0.25, 0.3) is 0 Å². The van der Waals surface area contributed by atoms with E-state index in [2.05, 4.69) is 10.0 Å². The van der Waals surface area contributed by atoms with Gasteiger partial charge in [-0.05, 0) is 73.9 Å². The van der Waals surface area contributed by atoms with Gasteiger partial charge in [0.15, 0.2) is 6.61 Å². The highest BCUT2D eigenvalue weighted by Gasteiger charge is 2.19. The molecule has 0 heterocycles. The molecule has 0 aromatic heterocycles. The average Bonchev–Trinajstić information content (AvgIpc) is 2.69. The number of ether oxygens (including phenoxy) is 1. The van der Waals surface area contributed by atoms with Gasteiger partial charge >= 0.3 is 0 Å². The van der Waals surface area contributed by atoms with Crippen LogP contribution in [0.5, 0.6) is 5.75 Å². The second-order valence-corrected chi connectivity index (χ2v) is 9.28. The van der Waals surface area contributed by atoms with Crippen LogP contribution in [0.3, 0.4) is 0 Å². The van der Waals surface area contributed by atoms with Gasteiger partial charge in [-0.2, -0.15) is 0 Å². The van der Waals surface area contributed by atoms with E-state index < -0.39 is 15.9 Å². The molecule has 0 aliphatic rings. The number of anilines is 2. The highest BCUT2D eigenvalue weighted by atomic mass is 35.5. The van der Waals surface area contributed by atoms with E-state index in [9.17, 15) is 13.2 Å². The second kappa shape index (κ2) is 9.41. The first kappa shape index (κ1) is 22.7. The van der Waals surface area contributed by atoms with E-state index in [1.807, 2.05) is 32.0 Å². The maximum atomic E-state index is 12.9. The van der Waals surface area contributed by atoms with Gasteiger partial charge in [-0.25, -0.2) is 8.42 Å². The predicted molar refractivity (Wildman–Crippen MR) is 123 cm³/mol. The molecule has 2 N–H and O–H groups in total. The lowest BCUT2D eigenvalue weighted by atomic mass is 10.1. The van der Waals surface area contributed by atoms with Crippen LogP contribution >= 0.6 is 11.6 Å². The van der Waals surface area contributed by atoms with E-state index in [0.29, 0.717) is 17.0 Å². The molecule has 0 fully saturated rings. The van der Waals surface area contributed by atoms with Crippen LogP contribution in [0.15, 0.2) is 65.6 Å². The molecule has 8 heteroatoms. The first-order valence-electron chi connectivity index (χ1n) is 9.53. The first-order chi connectivity index (χ1) is 14.6. The highest BCUT2D eigenvalue weighted by Crippen LogP contribution is 2.27. The maximum Gasteiger partial charge on any atom is 0.262 e. The van der Waals surface area contributed by atoms with Gasteiger partial charge in [-0.3, -0.25) is 9.52 Å². The zero-order chi connectivity index (χ0) is 22.6. The summed E-state index contributed by atoms with van der Waals surface area (Å²) in [4.78, 5) is 12.4. The number of rotatable bonds is 7. The number of sulfonamides is 1. The Morgan fingerprint density at radius 3 is 2.32 bits per heavy atom. The summed E-state index contributed by atoms with van der Waals surface area (Å²) < 4.78 is 33.8. The lowest BCUT2D eigenvalue weighted by Crippen LogP contribution is -2.21. The third kappa shape index (κ3) is 5.99. The Labute approximate surface area is 187 Å². The first-order valence-corrected chi connectivity index (χ1v) is 11.4. The summed E-state index contributed by atoms with van der Waals surface area (Å²) in [7, 11) is -3.91. The summed E-state index contributed by atoms with van der Waals surface area (Å²) in [5.41, 5.74) is 3.23. The van der Waals surface area contributed by atoms with Crippen LogP contribution in [0.2, 0.25) is 5.02 Å². The van der Waals surface area contributed by atoms with E-state index in [0.717, 1.165) is 11.1 Å². The van der Waals surface area contributed by atoms with Gasteiger partial charge in [0.1, 0.15) is 5.75 Å². The predicted octanol–water partition coefficient (Wildman–Crippen LogP) is 5.08. The molecule has 0 bridgehead atoms. The zero-order valence-electron chi connectivity index (χ0n) is 17.4. The quantitative estimate of drug-likeness (QED) is 0.516. The number of halogens is 1. The Morgan fingerprint density at radius 2 is 1.65 bits per heavy atom. The minimum absolute atomic E-state index is 0.0421. The maximum absolute atomic E-state index is 12.9. The Balaban J connectivity index is 1.72. The van der Waals surface area contributed by atoms with Crippen molar-refractivity contribution in [2.75, 3.05) is 16.6 Å². The number of amides is 1. The molecule has 1 amide bonds. The molecule has 0 saturated carbocycles. The fourth-order valence-electron chi connectivity index (χ4n) is 3.07. The van der Waals surface area contributed by atoms with Crippen LogP contribution in [-0.2, 0) is 14.8 Å². The molecule has 0 aliphatic carbocycles. The molecule has 3 rings (SSSR count). The molecule has 0 aliphatic heterocycles. The molecule has 3 aromatic carbocycles. The van der Waals surface area contributed by atoms with E-state index >= 15 is 0 Å². The molecule has 0 spiro atoms. The SMILES string of the molecule is Cc1cc(C)cc(OCC(=O)Nc2ccc(C)c(S(=O)(=O)Nc3ccccc3Cl)c2)c1. The van der Waals surface area contributed by atoms with Crippen molar-refractivity contribution in [2.24, 2.45) is 0 Å². The fourth-order valence-corrected chi connectivity index (χ4v) is 4.66. The molecule has 0 radical (unpaired) electrons. The highest BCUT2D eigenvalue weighted by molar-refractivity contribution is 7.92. The van der Waals surface area contributed by atoms with E-state index in [1.165, 1.54) is 6.07 Å². The molecule has 31 heavy (non-hydrogen) atoms. The Bertz CT molecular complexity index is 1210. The van der Waals surface area contributed by atoms with Crippen LogP contribution < -0.4 is 14.8 Å². The fraction of sp³-hybridized carbons (Fsp3) is 0.174. The number of carbonyl (C=O) groups is 1. The number of aryl methyl sites for hydroxylation is 3.